The van der Waals surface area contributed by atoms with Gasteiger partial charge in [0.2, 0.25) is 0 Å². The van der Waals surface area contributed by atoms with E-state index in [4.69, 9.17) is 4.74 Å². The highest BCUT2D eigenvalue weighted by Crippen LogP contribution is 2.26. The number of rotatable bonds is 14. The van der Waals surface area contributed by atoms with Gasteiger partial charge in [-0.25, -0.2) is 0 Å². The third-order valence-corrected chi connectivity index (χ3v) is 5.37. The van der Waals surface area contributed by atoms with Crippen molar-refractivity contribution in [2.24, 2.45) is 5.92 Å². The molecule has 156 valence electrons. The first-order chi connectivity index (χ1) is 13.8. The molecule has 1 saturated carbocycles. The van der Waals surface area contributed by atoms with Crippen LogP contribution in [-0.2, 0) is 4.74 Å². The van der Waals surface area contributed by atoms with Crippen LogP contribution in [0.2, 0.25) is 0 Å². The second kappa shape index (κ2) is 14.3. The van der Waals surface area contributed by atoms with E-state index in [1.807, 2.05) is 18.2 Å². The molecular formula is C23H37N3O2. The SMILES string of the molecule is C=CCCNCCCCCCOC1CCC(CNC(=O)c2ccccn2)CC1. The average Bonchev–Trinajstić information content (AvgIpc) is 2.75. The molecule has 1 aliphatic carbocycles. The number of carbonyl (C=O) groups is 1. The van der Waals surface area contributed by atoms with Crippen LogP contribution in [0.25, 0.3) is 0 Å². The topological polar surface area (TPSA) is 63.2 Å². The van der Waals surface area contributed by atoms with Crippen LogP contribution >= 0.6 is 0 Å². The number of hydrogen-bond donors (Lipinski definition) is 2. The molecule has 1 aromatic rings. The third-order valence-electron chi connectivity index (χ3n) is 5.37. The van der Waals surface area contributed by atoms with Gasteiger partial charge >= 0.3 is 0 Å². The van der Waals surface area contributed by atoms with Crippen LogP contribution in [0.1, 0.15) is 68.3 Å². The fourth-order valence-corrected chi connectivity index (χ4v) is 3.61. The normalized spacial score (nSPS) is 19.3. The van der Waals surface area contributed by atoms with E-state index in [1.165, 1.54) is 19.3 Å². The summed E-state index contributed by atoms with van der Waals surface area (Å²) in [6.45, 7) is 7.50. The first-order valence-corrected chi connectivity index (χ1v) is 10.9. The second-order valence-corrected chi connectivity index (χ2v) is 7.68. The minimum absolute atomic E-state index is 0.0742. The van der Waals surface area contributed by atoms with E-state index in [1.54, 1.807) is 12.3 Å². The summed E-state index contributed by atoms with van der Waals surface area (Å²) in [5, 5.41) is 6.45. The highest BCUT2D eigenvalue weighted by molar-refractivity contribution is 5.92. The standard InChI is InChI=1S/C23H37N3O2/c1-2-3-15-24-16-7-4-5-9-18-28-21-13-11-20(12-14-21)19-26-23(27)22-10-6-8-17-25-22/h2,6,8,10,17,20-21,24H,1,3-5,7,9,11-16,18-19H2,(H,26,27). The fraction of sp³-hybridized carbons (Fsp3) is 0.652. The lowest BCUT2D eigenvalue weighted by atomic mass is 9.87. The van der Waals surface area contributed by atoms with Crippen LogP contribution < -0.4 is 10.6 Å². The zero-order valence-corrected chi connectivity index (χ0v) is 17.2. The quantitative estimate of drug-likeness (QED) is 0.372. The number of unbranched alkanes of at least 4 members (excludes halogenated alkanes) is 3. The van der Waals surface area contributed by atoms with Crippen LogP contribution in [0, 0.1) is 5.92 Å². The van der Waals surface area contributed by atoms with Gasteiger partial charge in [0.05, 0.1) is 6.10 Å². The van der Waals surface area contributed by atoms with Gasteiger partial charge in [-0.2, -0.15) is 0 Å². The number of carbonyl (C=O) groups excluding carboxylic acids is 1. The number of nitrogens with one attached hydrogen (secondary N) is 2. The molecule has 28 heavy (non-hydrogen) atoms. The molecule has 0 atom stereocenters. The van der Waals surface area contributed by atoms with E-state index >= 15 is 0 Å². The Morgan fingerprint density at radius 2 is 1.96 bits per heavy atom. The Kier molecular flexibility index (Phi) is 11.5. The van der Waals surface area contributed by atoms with Crippen LogP contribution in [0.4, 0.5) is 0 Å². The Morgan fingerprint density at radius 3 is 2.71 bits per heavy atom. The summed E-state index contributed by atoms with van der Waals surface area (Å²) in [7, 11) is 0. The van der Waals surface area contributed by atoms with Crippen LogP contribution in [0.5, 0.6) is 0 Å². The van der Waals surface area contributed by atoms with Crippen molar-refractivity contribution in [1.82, 2.24) is 15.6 Å². The smallest absolute Gasteiger partial charge is 0.269 e. The van der Waals surface area contributed by atoms with Gasteiger partial charge in [0, 0.05) is 19.3 Å². The summed E-state index contributed by atoms with van der Waals surface area (Å²) in [5.41, 5.74) is 0.493. The Balaban J connectivity index is 1.43. The van der Waals surface area contributed by atoms with Gasteiger partial charge < -0.3 is 15.4 Å². The van der Waals surface area contributed by atoms with Crippen molar-refractivity contribution in [2.75, 3.05) is 26.2 Å². The molecule has 1 amide bonds. The lowest BCUT2D eigenvalue weighted by molar-refractivity contribution is 0.0163. The minimum Gasteiger partial charge on any atom is -0.378 e. The van der Waals surface area contributed by atoms with Gasteiger partial charge in [-0.15, -0.1) is 6.58 Å². The summed E-state index contributed by atoms with van der Waals surface area (Å²) in [5.74, 6) is 0.482. The summed E-state index contributed by atoms with van der Waals surface area (Å²) in [6.07, 6.45) is 14.5. The van der Waals surface area contributed by atoms with Gasteiger partial charge in [0.15, 0.2) is 0 Å². The molecule has 0 radical (unpaired) electrons. The molecule has 0 unspecified atom stereocenters. The first-order valence-electron chi connectivity index (χ1n) is 10.9. The van der Waals surface area contributed by atoms with Crippen LogP contribution in [0.3, 0.4) is 0 Å². The fourth-order valence-electron chi connectivity index (χ4n) is 3.61. The Hall–Kier alpha value is -1.72. The Bertz CT molecular complexity index is 542. The molecule has 0 spiro atoms. The van der Waals surface area contributed by atoms with E-state index < -0.39 is 0 Å². The number of nitrogens with zero attached hydrogens (tertiary/aromatic N) is 1. The monoisotopic (exact) mass is 387 g/mol. The molecule has 0 aromatic carbocycles. The van der Waals surface area contributed by atoms with E-state index in [0.29, 0.717) is 17.7 Å². The van der Waals surface area contributed by atoms with Gasteiger partial charge in [-0.1, -0.05) is 25.0 Å². The zero-order valence-electron chi connectivity index (χ0n) is 17.2. The largest absolute Gasteiger partial charge is 0.378 e. The molecule has 2 N–H and O–H groups in total. The van der Waals surface area contributed by atoms with Crippen molar-refractivity contribution in [2.45, 2.75) is 63.9 Å². The lowest BCUT2D eigenvalue weighted by Gasteiger charge is -2.28. The van der Waals surface area contributed by atoms with Crippen molar-refractivity contribution >= 4 is 5.91 Å². The number of aromatic nitrogens is 1. The average molecular weight is 388 g/mol. The van der Waals surface area contributed by atoms with Crippen molar-refractivity contribution in [3.05, 3.63) is 42.7 Å². The first kappa shape index (κ1) is 22.6. The summed E-state index contributed by atoms with van der Waals surface area (Å²) < 4.78 is 6.06. The van der Waals surface area contributed by atoms with E-state index in [2.05, 4.69) is 22.2 Å². The zero-order chi connectivity index (χ0) is 19.9. The molecular weight excluding hydrogens is 350 g/mol. The highest BCUT2D eigenvalue weighted by atomic mass is 16.5. The predicted octanol–water partition coefficient (Wildman–Crippen LogP) is 4.11. The highest BCUT2D eigenvalue weighted by Gasteiger charge is 2.22. The maximum atomic E-state index is 12.1. The summed E-state index contributed by atoms with van der Waals surface area (Å²) in [4.78, 5) is 16.2. The minimum atomic E-state index is -0.0742. The maximum absolute atomic E-state index is 12.1. The van der Waals surface area contributed by atoms with E-state index in [-0.39, 0.29) is 5.91 Å². The third kappa shape index (κ3) is 9.47. The maximum Gasteiger partial charge on any atom is 0.269 e. The molecule has 1 aromatic heterocycles. The molecule has 5 nitrogen and oxygen atoms in total. The van der Waals surface area contributed by atoms with Crippen LogP contribution in [-0.4, -0.2) is 43.2 Å². The number of amides is 1. The van der Waals surface area contributed by atoms with Crippen molar-refractivity contribution < 1.29 is 9.53 Å². The summed E-state index contributed by atoms with van der Waals surface area (Å²) >= 11 is 0. The molecule has 1 heterocycles. The predicted molar refractivity (Wildman–Crippen MR) is 114 cm³/mol. The Labute approximate surface area is 170 Å². The van der Waals surface area contributed by atoms with Crippen molar-refractivity contribution in [3.8, 4) is 0 Å². The summed E-state index contributed by atoms with van der Waals surface area (Å²) in [6, 6.07) is 5.41. The van der Waals surface area contributed by atoms with Crippen LogP contribution in [0.15, 0.2) is 37.1 Å². The second-order valence-electron chi connectivity index (χ2n) is 7.68. The molecule has 5 heteroatoms. The van der Waals surface area contributed by atoms with Crippen molar-refractivity contribution in [3.63, 3.8) is 0 Å². The molecule has 1 aliphatic rings. The van der Waals surface area contributed by atoms with E-state index in [0.717, 1.165) is 64.8 Å². The number of pyridine rings is 1. The molecule has 0 aliphatic heterocycles. The molecule has 1 fully saturated rings. The van der Waals surface area contributed by atoms with Crippen molar-refractivity contribution in [1.29, 1.82) is 0 Å². The van der Waals surface area contributed by atoms with E-state index in [9.17, 15) is 4.79 Å². The van der Waals surface area contributed by atoms with Gasteiger partial charge in [0.1, 0.15) is 5.69 Å². The molecule has 2 rings (SSSR count). The van der Waals surface area contributed by atoms with Gasteiger partial charge in [-0.3, -0.25) is 9.78 Å². The Morgan fingerprint density at radius 1 is 1.14 bits per heavy atom. The number of ether oxygens (including phenoxy) is 1. The van der Waals surface area contributed by atoms with Gasteiger partial charge in [0.25, 0.3) is 5.91 Å². The molecule has 0 bridgehead atoms. The number of hydrogen-bond acceptors (Lipinski definition) is 4. The molecule has 0 saturated heterocycles. The van der Waals surface area contributed by atoms with Gasteiger partial charge in [-0.05, 0) is 76.1 Å². The lowest BCUT2D eigenvalue weighted by Crippen LogP contribution is -2.33.